The highest BCUT2D eigenvalue weighted by molar-refractivity contribution is 5.98. The Labute approximate surface area is 110 Å². The molecule has 0 spiro atoms. The van der Waals surface area contributed by atoms with Crippen molar-refractivity contribution in [2.24, 2.45) is 5.73 Å². The van der Waals surface area contributed by atoms with Crippen molar-refractivity contribution < 1.29 is 9.18 Å². The van der Waals surface area contributed by atoms with Gasteiger partial charge in [-0.2, -0.15) is 5.10 Å². The first kappa shape index (κ1) is 13.1. The molecule has 0 radical (unpaired) electrons. The monoisotopic (exact) mass is 262 g/mol. The van der Waals surface area contributed by atoms with Gasteiger partial charge in [0.05, 0.1) is 11.3 Å². The molecule has 1 aromatic heterocycles. The smallest absolute Gasteiger partial charge is 0.250 e. The second-order valence-electron chi connectivity index (χ2n) is 4.59. The summed E-state index contributed by atoms with van der Waals surface area (Å²) in [7, 11) is 0. The van der Waals surface area contributed by atoms with Crippen LogP contribution in [-0.2, 0) is 0 Å². The number of aromatic nitrogens is 2. The van der Waals surface area contributed by atoms with Crippen molar-refractivity contribution in [1.82, 2.24) is 9.78 Å². The Balaban J connectivity index is 2.54. The number of amides is 1. The number of benzene rings is 1. The molecule has 6 heteroatoms. The molecule has 0 aliphatic heterocycles. The summed E-state index contributed by atoms with van der Waals surface area (Å²) in [6, 6.07) is 4.18. The number of halogens is 1. The van der Waals surface area contributed by atoms with Gasteiger partial charge in [-0.25, -0.2) is 9.07 Å². The predicted molar refractivity (Wildman–Crippen MR) is 70.5 cm³/mol. The zero-order valence-electron chi connectivity index (χ0n) is 10.7. The summed E-state index contributed by atoms with van der Waals surface area (Å²) in [5, 5.41) is 4.25. The van der Waals surface area contributed by atoms with Crippen molar-refractivity contribution in [2.75, 3.05) is 5.73 Å². The van der Waals surface area contributed by atoms with Gasteiger partial charge in [0.25, 0.3) is 5.91 Å². The molecule has 19 heavy (non-hydrogen) atoms. The summed E-state index contributed by atoms with van der Waals surface area (Å²) < 4.78 is 15.3. The molecular weight excluding hydrogens is 247 g/mol. The predicted octanol–water partition coefficient (Wildman–Crippen LogP) is 1.82. The zero-order chi connectivity index (χ0) is 14.2. The molecule has 0 fully saturated rings. The molecule has 1 amide bonds. The molecule has 0 atom stereocenters. The lowest BCUT2D eigenvalue weighted by molar-refractivity contribution is 0.100. The number of nitrogens with two attached hydrogens (primary N) is 2. The first-order chi connectivity index (χ1) is 8.90. The number of nitrogens with zero attached hydrogens (tertiary/aromatic N) is 2. The second-order valence-corrected chi connectivity index (χ2v) is 4.59. The van der Waals surface area contributed by atoms with Crippen molar-refractivity contribution in [2.45, 2.75) is 19.8 Å². The molecule has 0 aliphatic carbocycles. The standard InChI is InChI=1S/C13H15FN4O/c1-7(2)11-3-4-18(17-11)12-5-8(13(16)19)10(15)6-9(12)14/h3-7H,15H2,1-2H3,(H2,16,19). The Hall–Kier alpha value is -2.37. The van der Waals surface area contributed by atoms with Crippen LogP contribution in [0, 0.1) is 5.82 Å². The molecule has 1 aromatic carbocycles. The number of anilines is 1. The van der Waals surface area contributed by atoms with Crippen LogP contribution in [0.1, 0.15) is 35.8 Å². The van der Waals surface area contributed by atoms with E-state index < -0.39 is 11.7 Å². The fraction of sp³-hybridized carbons (Fsp3) is 0.231. The number of carbonyl (C=O) groups excluding carboxylic acids is 1. The first-order valence-corrected chi connectivity index (χ1v) is 5.85. The van der Waals surface area contributed by atoms with Crippen LogP contribution in [-0.4, -0.2) is 15.7 Å². The summed E-state index contributed by atoms with van der Waals surface area (Å²) in [5.74, 6) is -1.02. The average Bonchev–Trinajstić information content (AvgIpc) is 2.77. The van der Waals surface area contributed by atoms with E-state index >= 15 is 0 Å². The van der Waals surface area contributed by atoms with Crippen molar-refractivity contribution >= 4 is 11.6 Å². The number of carbonyl (C=O) groups is 1. The molecule has 0 saturated carbocycles. The Morgan fingerprint density at radius 1 is 1.42 bits per heavy atom. The molecule has 0 saturated heterocycles. The molecule has 4 N–H and O–H groups in total. The number of rotatable bonds is 3. The minimum atomic E-state index is -0.699. The quantitative estimate of drug-likeness (QED) is 0.827. The van der Waals surface area contributed by atoms with Gasteiger partial charge < -0.3 is 11.5 Å². The summed E-state index contributed by atoms with van der Waals surface area (Å²) in [5.41, 5.74) is 11.8. The van der Waals surface area contributed by atoms with Crippen LogP contribution in [0.15, 0.2) is 24.4 Å². The van der Waals surface area contributed by atoms with Gasteiger partial charge in [-0.1, -0.05) is 13.8 Å². The van der Waals surface area contributed by atoms with E-state index in [9.17, 15) is 9.18 Å². The topological polar surface area (TPSA) is 86.9 Å². The van der Waals surface area contributed by atoms with Gasteiger partial charge in [-0.05, 0) is 24.1 Å². The Morgan fingerprint density at radius 2 is 2.11 bits per heavy atom. The molecule has 1 heterocycles. The van der Waals surface area contributed by atoms with Crippen LogP contribution in [0.2, 0.25) is 0 Å². The van der Waals surface area contributed by atoms with Crippen LogP contribution >= 0.6 is 0 Å². The van der Waals surface area contributed by atoms with E-state index in [1.807, 2.05) is 13.8 Å². The van der Waals surface area contributed by atoms with E-state index in [1.165, 1.54) is 10.7 Å². The second kappa shape index (κ2) is 4.72. The molecule has 2 aromatic rings. The third-order valence-corrected chi connectivity index (χ3v) is 2.83. The van der Waals surface area contributed by atoms with Crippen molar-refractivity contribution in [1.29, 1.82) is 0 Å². The highest BCUT2D eigenvalue weighted by atomic mass is 19.1. The van der Waals surface area contributed by atoms with Gasteiger partial charge >= 0.3 is 0 Å². The number of hydrogen-bond donors (Lipinski definition) is 2. The zero-order valence-corrected chi connectivity index (χ0v) is 10.7. The molecule has 2 rings (SSSR count). The highest BCUT2D eigenvalue weighted by Gasteiger charge is 2.14. The van der Waals surface area contributed by atoms with Crippen LogP contribution in [0.5, 0.6) is 0 Å². The summed E-state index contributed by atoms with van der Waals surface area (Å²) in [6.45, 7) is 3.97. The molecule has 100 valence electrons. The van der Waals surface area contributed by atoms with E-state index in [4.69, 9.17) is 11.5 Å². The van der Waals surface area contributed by atoms with Gasteiger partial charge in [0.2, 0.25) is 0 Å². The number of nitrogen functional groups attached to an aromatic ring is 1. The van der Waals surface area contributed by atoms with Crippen LogP contribution < -0.4 is 11.5 Å². The fourth-order valence-electron chi connectivity index (χ4n) is 1.75. The van der Waals surface area contributed by atoms with E-state index in [2.05, 4.69) is 5.10 Å². The van der Waals surface area contributed by atoms with E-state index in [0.29, 0.717) is 0 Å². The first-order valence-electron chi connectivity index (χ1n) is 5.85. The maximum Gasteiger partial charge on any atom is 0.250 e. The lowest BCUT2D eigenvalue weighted by Gasteiger charge is -2.08. The maximum absolute atomic E-state index is 13.9. The minimum Gasteiger partial charge on any atom is -0.398 e. The third-order valence-electron chi connectivity index (χ3n) is 2.83. The highest BCUT2D eigenvalue weighted by Crippen LogP contribution is 2.22. The molecule has 0 unspecified atom stereocenters. The Bertz CT molecular complexity index is 634. The molecular formula is C13H15FN4O. The molecule has 0 aliphatic rings. The van der Waals surface area contributed by atoms with Crippen LogP contribution in [0.25, 0.3) is 5.69 Å². The van der Waals surface area contributed by atoms with Gasteiger partial charge in [-0.3, -0.25) is 4.79 Å². The van der Waals surface area contributed by atoms with Crippen LogP contribution in [0.3, 0.4) is 0 Å². The summed E-state index contributed by atoms with van der Waals surface area (Å²) in [4.78, 5) is 11.2. The molecule has 0 bridgehead atoms. The van der Waals surface area contributed by atoms with E-state index in [0.717, 1.165) is 11.8 Å². The number of hydrogen-bond acceptors (Lipinski definition) is 3. The number of primary amides is 1. The van der Waals surface area contributed by atoms with Gasteiger partial charge in [0, 0.05) is 11.9 Å². The fourth-order valence-corrected chi connectivity index (χ4v) is 1.75. The maximum atomic E-state index is 13.9. The minimum absolute atomic E-state index is 0.0185. The summed E-state index contributed by atoms with van der Waals surface area (Å²) in [6.07, 6.45) is 1.63. The van der Waals surface area contributed by atoms with Crippen molar-refractivity contribution in [3.8, 4) is 5.69 Å². The van der Waals surface area contributed by atoms with Gasteiger partial charge in [0.15, 0.2) is 5.82 Å². The Morgan fingerprint density at radius 3 is 2.63 bits per heavy atom. The Kier molecular flexibility index (Phi) is 3.25. The van der Waals surface area contributed by atoms with Gasteiger partial charge in [-0.15, -0.1) is 0 Å². The van der Waals surface area contributed by atoms with Crippen molar-refractivity contribution in [3.05, 3.63) is 41.5 Å². The normalized spacial score (nSPS) is 10.9. The van der Waals surface area contributed by atoms with Crippen molar-refractivity contribution in [3.63, 3.8) is 0 Å². The van der Waals surface area contributed by atoms with Crippen LogP contribution in [0.4, 0.5) is 10.1 Å². The van der Waals surface area contributed by atoms with E-state index in [1.54, 1.807) is 12.3 Å². The third kappa shape index (κ3) is 2.42. The van der Waals surface area contributed by atoms with Gasteiger partial charge in [0.1, 0.15) is 5.69 Å². The largest absolute Gasteiger partial charge is 0.398 e. The van der Waals surface area contributed by atoms with E-state index in [-0.39, 0.29) is 22.9 Å². The summed E-state index contributed by atoms with van der Waals surface area (Å²) >= 11 is 0. The SMILES string of the molecule is CC(C)c1ccn(-c2cc(C(N)=O)c(N)cc2F)n1. The lowest BCUT2D eigenvalue weighted by atomic mass is 10.1. The molecule has 5 nitrogen and oxygen atoms in total. The average molecular weight is 262 g/mol. The lowest BCUT2D eigenvalue weighted by Crippen LogP contribution is -2.15.